The number of esters is 4. The molecule has 2 N–H and O–H groups in total. The van der Waals surface area contributed by atoms with Gasteiger partial charge in [0.25, 0.3) is 0 Å². The molecule has 1 heterocycles. The Labute approximate surface area is 262 Å². The maximum atomic E-state index is 12.2. The maximum absolute atomic E-state index is 12.2. The Bertz CT molecular complexity index is 1290. The molecule has 1 aliphatic rings. The maximum Gasteiger partial charge on any atom is 0.303 e. The van der Waals surface area contributed by atoms with Gasteiger partial charge in [-0.15, -0.1) is 0 Å². The molecule has 0 unspecified atom stereocenters. The second-order valence-corrected chi connectivity index (χ2v) is 10.9. The van der Waals surface area contributed by atoms with Gasteiger partial charge >= 0.3 is 23.9 Å². The molecule has 0 bridgehead atoms. The summed E-state index contributed by atoms with van der Waals surface area (Å²) in [5.74, 6) is -2.75. The Balaban J connectivity index is 1.98. The van der Waals surface area contributed by atoms with Crippen LogP contribution in [0.25, 0.3) is 0 Å². The zero-order valence-electron chi connectivity index (χ0n) is 25.6. The number of hydrogen-bond acceptors (Lipinski definition) is 11. The van der Waals surface area contributed by atoms with Crippen LogP contribution in [0.1, 0.15) is 50.9 Å². The van der Waals surface area contributed by atoms with Crippen molar-refractivity contribution in [2.24, 2.45) is 0 Å². The number of nitrogens with one attached hydrogen (secondary N) is 2. The van der Waals surface area contributed by atoms with Gasteiger partial charge in [0.15, 0.2) is 29.7 Å². The summed E-state index contributed by atoms with van der Waals surface area (Å²) in [6, 6.07) is 19.1. The lowest BCUT2D eigenvalue weighted by Gasteiger charge is -2.45. The third-order valence-corrected chi connectivity index (χ3v) is 6.96. The van der Waals surface area contributed by atoms with Crippen molar-refractivity contribution in [1.29, 1.82) is 0 Å². The number of ether oxygens (including phenoxy) is 5. The lowest BCUT2D eigenvalue weighted by atomic mass is 9.92. The number of carbonyl (C=O) groups excluding carboxylic acids is 4. The van der Waals surface area contributed by atoms with E-state index in [4.69, 9.17) is 35.9 Å². The van der Waals surface area contributed by atoms with Crippen molar-refractivity contribution in [3.8, 4) is 0 Å². The summed E-state index contributed by atoms with van der Waals surface area (Å²) in [6.07, 6.45) is -6.21. The third kappa shape index (κ3) is 9.73. The van der Waals surface area contributed by atoms with Gasteiger partial charge < -0.3 is 39.2 Å². The van der Waals surface area contributed by atoms with Crippen LogP contribution in [0.3, 0.4) is 0 Å². The van der Waals surface area contributed by atoms with E-state index in [0.29, 0.717) is 0 Å². The Morgan fingerprint density at radius 2 is 1.27 bits per heavy atom. The van der Waals surface area contributed by atoms with E-state index in [-0.39, 0.29) is 23.8 Å². The molecule has 7 atom stereocenters. The number of likely N-dealkylation sites (N-methyl/N-ethyl adjacent to an activating group) is 1. The van der Waals surface area contributed by atoms with Gasteiger partial charge in [-0.3, -0.25) is 19.2 Å². The Morgan fingerprint density at radius 3 is 1.77 bits per heavy atom. The van der Waals surface area contributed by atoms with E-state index in [1.54, 1.807) is 0 Å². The fraction of sp³-hybridized carbons (Fsp3) is 0.452. The van der Waals surface area contributed by atoms with Crippen LogP contribution >= 0.6 is 12.2 Å². The van der Waals surface area contributed by atoms with Crippen molar-refractivity contribution in [2.75, 3.05) is 20.7 Å². The van der Waals surface area contributed by atoms with Gasteiger partial charge in [0, 0.05) is 27.7 Å². The van der Waals surface area contributed by atoms with E-state index in [9.17, 15) is 19.2 Å². The molecule has 2 aromatic carbocycles. The monoisotopic (exact) mass is 629 g/mol. The van der Waals surface area contributed by atoms with Crippen molar-refractivity contribution < 1.29 is 42.9 Å². The average molecular weight is 630 g/mol. The largest absolute Gasteiger partial charge is 0.463 e. The number of benzene rings is 2. The van der Waals surface area contributed by atoms with Crippen LogP contribution in [-0.2, 0) is 42.9 Å². The normalized spacial score (nSPS) is 22.6. The molecule has 13 heteroatoms. The van der Waals surface area contributed by atoms with Crippen LogP contribution in [0, 0.1) is 0 Å². The second kappa shape index (κ2) is 16.1. The van der Waals surface area contributed by atoms with Gasteiger partial charge in [-0.1, -0.05) is 60.7 Å². The number of thiocarbonyl (C=S) groups is 1. The van der Waals surface area contributed by atoms with E-state index < -0.39 is 54.5 Å². The highest BCUT2D eigenvalue weighted by Crippen LogP contribution is 2.33. The topological polar surface area (TPSA) is 142 Å². The fourth-order valence-corrected chi connectivity index (χ4v) is 5.34. The molecule has 1 aliphatic heterocycles. The minimum absolute atomic E-state index is 0.127. The first-order valence-electron chi connectivity index (χ1n) is 14.0. The lowest BCUT2D eigenvalue weighted by Crippen LogP contribution is -2.67. The quantitative estimate of drug-likeness (QED) is 0.214. The number of rotatable bonds is 11. The highest BCUT2D eigenvalue weighted by Gasteiger charge is 2.52. The highest BCUT2D eigenvalue weighted by molar-refractivity contribution is 7.80. The van der Waals surface area contributed by atoms with E-state index >= 15 is 0 Å². The molecule has 3 rings (SSSR count). The molecule has 0 aromatic heterocycles. The second-order valence-electron chi connectivity index (χ2n) is 10.4. The first-order valence-corrected chi connectivity index (χ1v) is 14.4. The summed E-state index contributed by atoms with van der Waals surface area (Å²) in [5.41, 5.74) is 1.98. The number of hydrogen-bond donors (Lipinski definition) is 2. The van der Waals surface area contributed by atoms with Crippen molar-refractivity contribution >= 4 is 41.2 Å². The number of nitrogens with zero attached hydrogens (tertiary/aromatic N) is 1. The molecule has 44 heavy (non-hydrogen) atoms. The molecule has 238 valence electrons. The molecular formula is C31H39N3O9S. The highest BCUT2D eigenvalue weighted by atomic mass is 32.1. The minimum atomic E-state index is -1.32. The van der Waals surface area contributed by atoms with Gasteiger partial charge in [0.2, 0.25) is 0 Å². The van der Waals surface area contributed by atoms with E-state index in [0.717, 1.165) is 25.0 Å². The van der Waals surface area contributed by atoms with Gasteiger partial charge in [0.1, 0.15) is 12.7 Å². The van der Waals surface area contributed by atoms with Crippen molar-refractivity contribution in [2.45, 2.75) is 70.4 Å². The standard InChI is InChI=1S/C31H39N3O9S/c1-18(35)39-17-24-27(40-19(2)36)28(41-20(3)37)29(42-21(4)38)30(43-24)33-31(44)32-25(22-13-9-7-10-14-22)26(34(5)6)23-15-11-8-12-16-23/h7-16,24-30H,17H2,1-6H3,(H2,32,33,44)/t24-,25+,26+,27-,28+,29-,30-/m1/s1. The van der Waals surface area contributed by atoms with Crippen molar-refractivity contribution in [3.63, 3.8) is 0 Å². The molecule has 2 aromatic rings. The van der Waals surface area contributed by atoms with Gasteiger partial charge in [-0.2, -0.15) is 0 Å². The number of carbonyl (C=O) groups is 4. The first kappa shape index (κ1) is 34.4. The average Bonchev–Trinajstić information content (AvgIpc) is 2.95. The van der Waals surface area contributed by atoms with Crippen LogP contribution in [-0.4, -0.2) is 85.2 Å². The molecule has 1 saturated heterocycles. The molecule has 0 amide bonds. The molecule has 0 spiro atoms. The van der Waals surface area contributed by atoms with Crippen LogP contribution in [0.4, 0.5) is 0 Å². The SMILES string of the molecule is CC(=O)OC[C@H]1O[C@@H](NC(=S)N[C@@H](c2ccccc2)[C@H](c2ccccc2)N(C)C)[C@H](OC(C)=O)[C@@H](OC(C)=O)[C@@H]1OC(C)=O. The van der Waals surface area contributed by atoms with E-state index in [2.05, 4.69) is 15.5 Å². The van der Waals surface area contributed by atoms with Crippen LogP contribution in [0.5, 0.6) is 0 Å². The lowest BCUT2D eigenvalue weighted by molar-refractivity contribution is -0.255. The smallest absolute Gasteiger partial charge is 0.303 e. The molecule has 0 radical (unpaired) electrons. The molecule has 12 nitrogen and oxygen atoms in total. The Hall–Kier alpha value is -4.07. The summed E-state index contributed by atoms with van der Waals surface area (Å²) in [7, 11) is 3.93. The zero-order valence-corrected chi connectivity index (χ0v) is 26.4. The molecule has 0 saturated carbocycles. The van der Waals surface area contributed by atoms with Crippen LogP contribution in [0.15, 0.2) is 60.7 Å². The van der Waals surface area contributed by atoms with Crippen molar-refractivity contribution in [3.05, 3.63) is 71.8 Å². The summed E-state index contributed by atoms with van der Waals surface area (Å²) in [6.45, 7) is 4.36. The van der Waals surface area contributed by atoms with E-state index in [1.165, 1.54) is 13.8 Å². The minimum Gasteiger partial charge on any atom is -0.463 e. The van der Waals surface area contributed by atoms with Crippen molar-refractivity contribution in [1.82, 2.24) is 15.5 Å². The summed E-state index contributed by atoms with van der Waals surface area (Å²) in [5, 5.41) is 6.55. The summed E-state index contributed by atoms with van der Waals surface area (Å²) < 4.78 is 27.8. The van der Waals surface area contributed by atoms with Gasteiger partial charge in [-0.05, 0) is 37.4 Å². The van der Waals surface area contributed by atoms with Crippen LogP contribution in [0.2, 0.25) is 0 Å². The molecule has 1 fully saturated rings. The third-order valence-electron chi connectivity index (χ3n) is 6.72. The summed E-state index contributed by atoms with van der Waals surface area (Å²) >= 11 is 5.76. The van der Waals surface area contributed by atoms with Gasteiger partial charge in [0.05, 0.1) is 12.1 Å². The molecular weight excluding hydrogens is 590 g/mol. The fourth-order valence-electron chi connectivity index (χ4n) is 5.10. The van der Waals surface area contributed by atoms with Crippen LogP contribution < -0.4 is 10.6 Å². The zero-order chi connectivity index (χ0) is 32.4. The Kier molecular flexibility index (Phi) is 12.6. The Morgan fingerprint density at radius 1 is 0.773 bits per heavy atom. The predicted molar refractivity (Wildman–Crippen MR) is 163 cm³/mol. The first-order chi connectivity index (χ1) is 20.9. The van der Waals surface area contributed by atoms with Gasteiger partial charge in [-0.25, -0.2) is 0 Å². The summed E-state index contributed by atoms with van der Waals surface area (Å²) in [4.78, 5) is 50.1. The molecule has 0 aliphatic carbocycles. The van der Waals surface area contributed by atoms with E-state index in [1.807, 2.05) is 74.8 Å². The predicted octanol–water partition coefficient (Wildman–Crippen LogP) is 2.58.